The Morgan fingerprint density at radius 3 is 2.63 bits per heavy atom. The van der Waals surface area contributed by atoms with Crippen LogP contribution in [0.4, 0.5) is 0 Å². The number of aromatic nitrogens is 2. The minimum absolute atomic E-state index is 0.0254. The molecule has 1 aliphatic heterocycles. The van der Waals surface area contributed by atoms with Crippen molar-refractivity contribution in [3.63, 3.8) is 0 Å². The third-order valence-corrected chi connectivity index (χ3v) is 3.56. The van der Waals surface area contributed by atoms with Gasteiger partial charge in [0.05, 0.1) is 11.7 Å². The number of carbonyl (C=O) groups excluding carboxylic acids is 1. The third-order valence-electron chi connectivity index (χ3n) is 3.56. The fourth-order valence-corrected chi connectivity index (χ4v) is 2.45. The molecule has 0 aromatic carbocycles. The molecule has 1 aliphatic rings. The Hall–Kier alpha value is -1.49. The molecule has 104 valence electrons. The Balaban J connectivity index is 1.89. The van der Waals surface area contributed by atoms with Crippen molar-refractivity contribution in [3.05, 3.63) is 24.3 Å². The third kappa shape index (κ3) is 3.73. The van der Waals surface area contributed by atoms with Crippen molar-refractivity contribution in [1.82, 2.24) is 20.2 Å². The topological polar surface area (TPSA) is 58.1 Å². The van der Waals surface area contributed by atoms with Gasteiger partial charge in [0.1, 0.15) is 0 Å². The van der Waals surface area contributed by atoms with E-state index >= 15 is 0 Å². The number of hydrogen-bond donors (Lipinski definition) is 1. The van der Waals surface area contributed by atoms with E-state index in [-0.39, 0.29) is 18.0 Å². The van der Waals surface area contributed by atoms with E-state index in [9.17, 15) is 4.79 Å². The summed E-state index contributed by atoms with van der Waals surface area (Å²) in [6.07, 6.45) is 8.54. The summed E-state index contributed by atoms with van der Waals surface area (Å²) < 4.78 is 0. The van der Waals surface area contributed by atoms with Crippen LogP contribution < -0.4 is 5.32 Å². The zero-order valence-corrected chi connectivity index (χ0v) is 11.7. The number of hydrogen-bond acceptors (Lipinski definition) is 4. The van der Waals surface area contributed by atoms with Gasteiger partial charge in [0.15, 0.2) is 0 Å². The molecule has 2 unspecified atom stereocenters. The van der Waals surface area contributed by atoms with Gasteiger partial charge in [-0.15, -0.1) is 0 Å². The molecule has 1 amide bonds. The number of carbonyl (C=O) groups is 1. The second-order valence-electron chi connectivity index (χ2n) is 5.13. The minimum Gasteiger partial charge on any atom is -0.341 e. The van der Waals surface area contributed by atoms with Gasteiger partial charge in [-0.25, -0.2) is 0 Å². The molecule has 0 aliphatic carbocycles. The van der Waals surface area contributed by atoms with E-state index in [2.05, 4.69) is 15.3 Å². The lowest BCUT2D eigenvalue weighted by Crippen LogP contribution is -2.47. The molecule has 2 heterocycles. The maximum absolute atomic E-state index is 12.3. The Bertz CT molecular complexity index is 403. The molecule has 19 heavy (non-hydrogen) atoms. The number of nitrogens with one attached hydrogen (secondary N) is 1. The van der Waals surface area contributed by atoms with Crippen LogP contribution in [0.5, 0.6) is 0 Å². The summed E-state index contributed by atoms with van der Waals surface area (Å²) in [7, 11) is 0. The summed E-state index contributed by atoms with van der Waals surface area (Å²) in [5.41, 5.74) is 0.862. The van der Waals surface area contributed by atoms with Gasteiger partial charge in [0, 0.05) is 37.7 Å². The van der Waals surface area contributed by atoms with E-state index < -0.39 is 0 Å². The van der Waals surface area contributed by atoms with E-state index in [1.54, 1.807) is 18.6 Å². The first-order chi connectivity index (χ1) is 9.18. The van der Waals surface area contributed by atoms with Crippen LogP contribution in [0.15, 0.2) is 18.6 Å². The Labute approximate surface area is 114 Å². The van der Waals surface area contributed by atoms with Crippen LogP contribution in [-0.2, 0) is 4.79 Å². The van der Waals surface area contributed by atoms with Crippen molar-refractivity contribution in [3.8, 4) is 0 Å². The first kappa shape index (κ1) is 13.9. The molecule has 5 heteroatoms. The summed E-state index contributed by atoms with van der Waals surface area (Å²) >= 11 is 0. The van der Waals surface area contributed by atoms with Crippen LogP contribution in [0.3, 0.4) is 0 Å². The highest BCUT2D eigenvalue weighted by Crippen LogP contribution is 2.12. The summed E-state index contributed by atoms with van der Waals surface area (Å²) in [5.74, 6) is 0.190. The highest BCUT2D eigenvalue weighted by molar-refractivity contribution is 5.81. The highest BCUT2D eigenvalue weighted by atomic mass is 16.2. The van der Waals surface area contributed by atoms with Gasteiger partial charge in [-0.2, -0.15) is 0 Å². The van der Waals surface area contributed by atoms with E-state index in [0.717, 1.165) is 31.6 Å². The predicted molar refractivity (Wildman–Crippen MR) is 73.5 cm³/mol. The van der Waals surface area contributed by atoms with Crippen molar-refractivity contribution in [1.29, 1.82) is 0 Å². The number of piperidine rings is 1. The van der Waals surface area contributed by atoms with Gasteiger partial charge in [0.2, 0.25) is 5.91 Å². The molecule has 1 fully saturated rings. The van der Waals surface area contributed by atoms with Gasteiger partial charge < -0.3 is 4.90 Å². The minimum atomic E-state index is -0.185. The van der Waals surface area contributed by atoms with E-state index in [1.807, 2.05) is 18.7 Å². The average Bonchev–Trinajstić information content (AvgIpc) is 2.48. The number of amides is 1. The number of nitrogens with zero attached hydrogens (tertiary/aromatic N) is 3. The Morgan fingerprint density at radius 1 is 1.26 bits per heavy atom. The molecule has 5 nitrogen and oxygen atoms in total. The lowest BCUT2D eigenvalue weighted by molar-refractivity contribution is -0.134. The standard InChI is InChI=1S/C14H22N4O/c1-11(13-10-15-6-7-16-13)17-12(2)14(19)18-8-4-3-5-9-18/h6-7,10-12,17H,3-5,8-9H2,1-2H3. The normalized spacial score (nSPS) is 18.9. The zero-order valence-electron chi connectivity index (χ0n) is 11.7. The van der Waals surface area contributed by atoms with Crippen molar-refractivity contribution >= 4 is 5.91 Å². The van der Waals surface area contributed by atoms with Crippen LogP contribution in [0.2, 0.25) is 0 Å². The van der Waals surface area contributed by atoms with Crippen molar-refractivity contribution < 1.29 is 4.79 Å². The molecule has 1 saturated heterocycles. The average molecular weight is 262 g/mol. The molecule has 0 radical (unpaired) electrons. The number of rotatable bonds is 4. The molecule has 1 aromatic heterocycles. The van der Waals surface area contributed by atoms with Crippen molar-refractivity contribution in [2.45, 2.75) is 45.2 Å². The summed E-state index contributed by atoms with van der Waals surface area (Å²) in [5, 5.41) is 3.30. The van der Waals surface area contributed by atoms with Gasteiger partial charge in [-0.3, -0.25) is 20.1 Å². The molecule has 0 bridgehead atoms. The monoisotopic (exact) mass is 262 g/mol. The predicted octanol–water partition coefficient (Wildman–Crippen LogP) is 1.53. The first-order valence-corrected chi connectivity index (χ1v) is 6.99. The Kier molecular flexibility index (Phi) is 4.85. The van der Waals surface area contributed by atoms with Gasteiger partial charge in [-0.05, 0) is 33.1 Å². The SMILES string of the molecule is CC(NC(C)c1cnccn1)C(=O)N1CCCCC1. The second kappa shape index (κ2) is 6.61. The van der Waals surface area contributed by atoms with E-state index in [0.29, 0.717) is 0 Å². The summed E-state index contributed by atoms with van der Waals surface area (Å²) in [6.45, 7) is 5.71. The smallest absolute Gasteiger partial charge is 0.239 e. The van der Waals surface area contributed by atoms with Gasteiger partial charge >= 0.3 is 0 Å². The van der Waals surface area contributed by atoms with Crippen molar-refractivity contribution in [2.75, 3.05) is 13.1 Å². The summed E-state index contributed by atoms with van der Waals surface area (Å²) in [4.78, 5) is 22.6. The number of likely N-dealkylation sites (tertiary alicyclic amines) is 1. The molecule has 2 atom stereocenters. The van der Waals surface area contributed by atoms with Crippen LogP contribution >= 0.6 is 0 Å². The highest BCUT2D eigenvalue weighted by Gasteiger charge is 2.23. The molecule has 2 rings (SSSR count). The lowest BCUT2D eigenvalue weighted by atomic mass is 10.1. The van der Waals surface area contributed by atoms with Gasteiger partial charge in [0.25, 0.3) is 0 Å². The zero-order chi connectivity index (χ0) is 13.7. The van der Waals surface area contributed by atoms with Crippen LogP contribution in [0.25, 0.3) is 0 Å². The largest absolute Gasteiger partial charge is 0.341 e. The van der Waals surface area contributed by atoms with Gasteiger partial charge in [-0.1, -0.05) is 0 Å². The maximum atomic E-state index is 12.3. The summed E-state index contributed by atoms with van der Waals surface area (Å²) in [6, 6.07) is -0.160. The molecular weight excluding hydrogens is 240 g/mol. The van der Waals surface area contributed by atoms with E-state index in [4.69, 9.17) is 0 Å². The van der Waals surface area contributed by atoms with Crippen molar-refractivity contribution in [2.24, 2.45) is 0 Å². The fourth-order valence-electron chi connectivity index (χ4n) is 2.45. The lowest BCUT2D eigenvalue weighted by Gasteiger charge is -2.30. The van der Waals surface area contributed by atoms with Crippen LogP contribution in [-0.4, -0.2) is 39.9 Å². The molecule has 1 N–H and O–H groups in total. The first-order valence-electron chi connectivity index (χ1n) is 6.99. The molecule has 0 saturated carbocycles. The van der Waals surface area contributed by atoms with E-state index in [1.165, 1.54) is 6.42 Å². The second-order valence-corrected chi connectivity index (χ2v) is 5.13. The Morgan fingerprint density at radius 2 is 2.00 bits per heavy atom. The molecular formula is C14H22N4O. The molecule has 0 spiro atoms. The maximum Gasteiger partial charge on any atom is 0.239 e. The van der Waals surface area contributed by atoms with Crippen LogP contribution in [0.1, 0.15) is 44.8 Å². The van der Waals surface area contributed by atoms with Crippen LogP contribution in [0, 0.1) is 0 Å². The molecule has 1 aromatic rings. The fraction of sp³-hybridized carbons (Fsp3) is 0.643. The quantitative estimate of drug-likeness (QED) is 0.894.